The molecule has 0 aromatic carbocycles. The quantitative estimate of drug-likeness (QED) is 0.293. The van der Waals surface area contributed by atoms with Crippen molar-refractivity contribution in [2.24, 2.45) is 5.73 Å². The first-order chi connectivity index (χ1) is 10.7. The summed E-state index contributed by atoms with van der Waals surface area (Å²) >= 11 is 0. The molecular formula is C11H20N4O7S. The van der Waals surface area contributed by atoms with Crippen molar-refractivity contribution < 1.29 is 31.7 Å². The summed E-state index contributed by atoms with van der Waals surface area (Å²) in [5.74, 6) is -0.504. The van der Waals surface area contributed by atoms with Gasteiger partial charge in [-0.2, -0.15) is 13.5 Å². The van der Waals surface area contributed by atoms with Gasteiger partial charge in [-0.25, -0.2) is 10.3 Å². The smallest absolute Gasteiger partial charge is 0.328 e. The lowest BCUT2D eigenvalue weighted by atomic mass is 10.0. The first-order valence-corrected chi connectivity index (χ1v) is 8.49. The first-order valence-electron chi connectivity index (χ1n) is 7.13. The van der Waals surface area contributed by atoms with Crippen molar-refractivity contribution in [2.45, 2.75) is 44.3 Å². The molecule has 0 spiro atoms. The Morgan fingerprint density at radius 1 is 1.52 bits per heavy atom. The van der Waals surface area contributed by atoms with Crippen molar-refractivity contribution in [1.82, 2.24) is 15.4 Å². The maximum Gasteiger partial charge on any atom is 0.418 e. The highest BCUT2D eigenvalue weighted by atomic mass is 32.3. The fourth-order valence-electron chi connectivity index (χ4n) is 2.54. The summed E-state index contributed by atoms with van der Waals surface area (Å²) in [6.45, 7) is 2.18. The van der Waals surface area contributed by atoms with E-state index in [0.29, 0.717) is 24.3 Å². The van der Waals surface area contributed by atoms with Crippen LogP contribution < -0.4 is 11.2 Å². The van der Waals surface area contributed by atoms with Gasteiger partial charge in [-0.1, -0.05) is 0 Å². The van der Waals surface area contributed by atoms with E-state index >= 15 is 0 Å². The summed E-state index contributed by atoms with van der Waals surface area (Å²) in [5, 5.41) is 0.583. The third-order valence-corrected chi connectivity index (χ3v) is 4.00. The minimum Gasteiger partial charge on any atom is -0.328 e. The number of urea groups is 1. The Hall–Kier alpha value is -1.47. The highest BCUT2D eigenvalue weighted by Crippen LogP contribution is 2.30. The number of hydrogen-bond donors (Lipinski definition) is 3. The van der Waals surface area contributed by atoms with Crippen molar-refractivity contribution in [3.63, 3.8) is 0 Å². The standard InChI is InChI=1S/C11H20N4O7S/c1-7(12)4-5-21-13-10(16)9-3-2-8-6-14(9)11(17)15(8)22-23(18,19)20/h7-9H,2-6,12H2,1H3,(H,13,16)(H,18,19,20)/t7?,8-,9+/m0/s1. The van der Waals surface area contributed by atoms with Gasteiger partial charge in [0.1, 0.15) is 6.04 Å². The molecule has 0 aliphatic carbocycles. The summed E-state index contributed by atoms with van der Waals surface area (Å²) in [5.41, 5.74) is 7.81. The molecule has 2 saturated heterocycles. The topological polar surface area (TPSA) is 151 Å². The number of hydrogen-bond acceptors (Lipinski definition) is 7. The van der Waals surface area contributed by atoms with Gasteiger partial charge >= 0.3 is 16.4 Å². The van der Waals surface area contributed by atoms with Crippen LogP contribution in [-0.2, 0) is 24.3 Å². The van der Waals surface area contributed by atoms with Crippen LogP contribution in [0.1, 0.15) is 26.2 Å². The SMILES string of the molecule is CC(N)CCONC(=O)[C@H]1CC[C@H]2CN1C(=O)N2OS(=O)(=O)O. The predicted molar refractivity (Wildman–Crippen MR) is 75.7 cm³/mol. The van der Waals surface area contributed by atoms with Crippen LogP contribution >= 0.6 is 0 Å². The molecule has 132 valence electrons. The second-order valence-electron chi connectivity index (χ2n) is 5.59. The number of nitrogens with zero attached hydrogens (tertiary/aromatic N) is 2. The van der Waals surface area contributed by atoms with Gasteiger partial charge < -0.3 is 10.6 Å². The Balaban J connectivity index is 1.92. The minimum absolute atomic E-state index is 0.0614. The number of amides is 3. The average molecular weight is 352 g/mol. The van der Waals surface area contributed by atoms with E-state index in [1.54, 1.807) is 6.92 Å². The zero-order valence-corrected chi connectivity index (χ0v) is 13.4. The summed E-state index contributed by atoms with van der Waals surface area (Å²) in [7, 11) is -4.80. The van der Waals surface area contributed by atoms with Crippen LogP contribution in [0.3, 0.4) is 0 Å². The minimum atomic E-state index is -4.80. The van der Waals surface area contributed by atoms with Crippen LogP contribution in [0.25, 0.3) is 0 Å². The zero-order valence-electron chi connectivity index (χ0n) is 12.5. The van der Waals surface area contributed by atoms with E-state index in [1.165, 1.54) is 4.90 Å². The number of carbonyl (C=O) groups is 2. The van der Waals surface area contributed by atoms with Gasteiger partial charge in [0, 0.05) is 12.6 Å². The maximum absolute atomic E-state index is 12.1. The van der Waals surface area contributed by atoms with Crippen LogP contribution in [0.15, 0.2) is 0 Å². The van der Waals surface area contributed by atoms with E-state index in [9.17, 15) is 18.0 Å². The van der Waals surface area contributed by atoms with Gasteiger partial charge in [-0.15, -0.1) is 4.28 Å². The summed E-state index contributed by atoms with van der Waals surface area (Å²) in [4.78, 5) is 30.4. The first kappa shape index (κ1) is 17.9. The predicted octanol–water partition coefficient (Wildman–Crippen LogP) is -1.23. The normalized spacial score (nSPS) is 25.6. The lowest BCUT2D eigenvalue weighted by Crippen LogP contribution is -2.49. The van der Waals surface area contributed by atoms with E-state index in [4.69, 9.17) is 15.1 Å². The Bertz CT molecular complexity index is 567. The van der Waals surface area contributed by atoms with Gasteiger partial charge in [0.15, 0.2) is 0 Å². The highest BCUT2D eigenvalue weighted by Gasteiger charge is 2.49. The molecular weight excluding hydrogens is 332 g/mol. The highest BCUT2D eigenvalue weighted by molar-refractivity contribution is 7.80. The van der Waals surface area contributed by atoms with Crippen molar-refractivity contribution in [3.8, 4) is 0 Å². The Morgan fingerprint density at radius 3 is 2.83 bits per heavy atom. The molecule has 1 unspecified atom stereocenters. The lowest BCUT2D eigenvalue weighted by molar-refractivity contribution is -0.139. The van der Waals surface area contributed by atoms with Crippen molar-refractivity contribution >= 4 is 22.3 Å². The molecule has 2 heterocycles. The summed E-state index contributed by atoms with van der Waals surface area (Å²) < 4.78 is 34.5. The maximum atomic E-state index is 12.1. The molecule has 2 rings (SSSR count). The lowest BCUT2D eigenvalue weighted by Gasteiger charge is -2.28. The fraction of sp³-hybridized carbons (Fsp3) is 0.818. The third-order valence-electron chi connectivity index (χ3n) is 3.65. The number of hydroxylamine groups is 3. The number of fused-ring (bicyclic) bond motifs is 2. The number of nitrogens with two attached hydrogens (primary N) is 1. The van der Waals surface area contributed by atoms with Crippen molar-refractivity contribution in [2.75, 3.05) is 13.2 Å². The molecule has 4 N–H and O–H groups in total. The molecule has 0 radical (unpaired) electrons. The van der Waals surface area contributed by atoms with Gasteiger partial charge in [-0.05, 0) is 26.2 Å². The number of piperidine rings is 1. The van der Waals surface area contributed by atoms with Crippen LogP contribution in [0.5, 0.6) is 0 Å². The Kier molecular flexibility index (Phi) is 5.41. The molecule has 2 bridgehead atoms. The van der Waals surface area contributed by atoms with E-state index in [0.717, 1.165) is 0 Å². The molecule has 0 aromatic rings. The Labute approximate surface area is 133 Å². The molecule has 0 saturated carbocycles. The van der Waals surface area contributed by atoms with Gasteiger partial charge in [-0.3, -0.25) is 14.2 Å². The van der Waals surface area contributed by atoms with Gasteiger partial charge in [0.25, 0.3) is 5.91 Å². The summed E-state index contributed by atoms with van der Waals surface area (Å²) in [6, 6.07) is -2.17. The molecule has 3 amide bonds. The fourth-order valence-corrected chi connectivity index (χ4v) is 2.93. The number of carbonyl (C=O) groups excluding carboxylic acids is 2. The molecule has 2 aliphatic heterocycles. The van der Waals surface area contributed by atoms with Crippen LogP contribution in [0.4, 0.5) is 4.79 Å². The van der Waals surface area contributed by atoms with E-state index in [1.807, 2.05) is 0 Å². The van der Waals surface area contributed by atoms with Crippen LogP contribution in [0, 0.1) is 0 Å². The molecule has 12 heteroatoms. The largest absolute Gasteiger partial charge is 0.418 e. The third kappa shape index (κ3) is 4.51. The van der Waals surface area contributed by atoms with Crippen LogP contribution in [0.2, 0.25) is 0 Å². The average Bonchev–Trinajstić information content (AvgIpc) is 2.67. The molecule has 0 aromatic heterocycles. The van der Waals surface area contributed by atoms with Gasteiger partial charge in [0.05, 0.1) is 12.6 Å². The zero-order chi connectivity index (χ0) is 17.2. The van der Waals surface area contributed by atoms with Crippen LogP contribution in [-0.4, -0.2) is 66.1 Å². The molecule has 23 heavy (non-hydrogen) atoms. The van der Waals surface area contributed by atoms with Crippen molar-refractivity contribution in [3.05, 3.63) is 0 Å². The molecule has 11 nitrogen and oxygen atoms in total. The number of nitrogens with one attached hydrogen (secondary N) is 1. The second kappa shape index (κ2) is 6.97. The van der Waals surface area contributed by atoms with E-state index < -0.39 is 34.4 Å². The van der Waals surface area contributed by atoms with E-state index in [-0.39, 0.29) is 19.2 Å². The number of rotatable bonds is 7. The summed E-state index contributed by atoms with van der Waals surface area (Å²) in [6.07, 6.45) is 1.24. The second-order valence-corrected chi connectivity index (χ2v) is 6.60. The van der Waals surface area contributed by atoms with E-state index in [2.05, 4.69) is 9.76 Å². The van der Waals surface area contributed by atoms with Gasteiger partial charge in [0.2, 0.25) is 0 Å². The van der Waals surface area contributed by atoms with Crippen molar-refractivity contribution in [1.29, 1.82) is 0 Å². The molecule has 2 fully saturated rings. The monoisotopic (exact) mass is 352 g/mol. The molecule has 2 aliphatic rings. The Morgan fingerprint density at radius 2 is 2.22 bits per heavy atom. The molecule has 3 atom stereocenters.